The second kappa shape index (κ2) is 10.3. The number of carbonyl (C=O) groups is 1. The third-order valence-electron chi connectivity index (χ3n) is 5.03. The van der Waals surface area contributed by atoms with Gasteiger partial charge in [-0.3, -0.25) is 4.79 Å². The molecule has 1 aliphatic heterocycles. The van der Waals surface area contributed by atoms with E-state index < -0.39 is 0 Å². The summed E-state index contributed by atoms with van der Waals surface area (Å²) in [6.07, 6.45) is 3.44. The van der Waals surface area contributed by atoms with E-state index in [2.05, 4.69) is 20.6 Å². The Labute approximate surface area is 192 Å². The Morgan fingerprint density at radius 2 is 2.03 bits per heavy atom. The standard InChI is InChI=1S/C24H25ClN4O3/c1-2-31-23(30)10-9-22-27-15-20-21(11-12-26-24(20)29-22)28-17-6-4-8-19(14-17)32-18-7-3-5-16(25)13-18/h3-8,13-15,21,28H,2,9-12H2,1H3,(H,26,27,29). The molecule has 0 amide bonds. The molecule has 1 unspecified atom stereocenters. The van der Waals surface area contributed by atoms with Crippen LogP contribution in [-0.4, -0.2) is 29.1 Å². The van der Waals surface area contributed by atoms with Gasteiger partial charge in [0.15, 0.2) is 0 Å². The number of ether oxygens (including phenoxy) is 2. The summed E-state index contributed by atoms with van der Waals surface area (Å²) in [5.74, 6) is 2.60. The summed E-state index contributed by atoms with van der Waals surface area (Å²) in [4.78, 5) is 20.7. The first-order valence-corrected chi connectivity index (χ1v) is 11.0. The topological polar surface area (TPSA) is 85.4 Å². The number of nitrogens with zero attached hydrogens (tertiary/aromatic N) is 2. The zero-order valence-corrected chi connectivity index (χ0v) is 18.6. The van der Waals surface area contributed by atoms with Gasteiger partial charge in [-0.05, 0) is 43.7 Å². The Morgan fingerprint density at radius 1 is 1.22 bits per heavy atom. The summed E-state index contributed by atoms with van der Waals surface area (Å²) in [6.45, 7) is 2.96. The molecule has 2 heterocycles. The maximum atomic E-state index is 11.6. The summed E-state index contributed by atoms with van der Waals surface area (Å²) in [5, 5.41) is 7.53. The van der Waals surface area contributed by atoms with E-state index in [9.17, 15) is 4.79 Å². The molecule has 0 saturated heterocycles. The fourth-order valence-electron chi connectivity index (χ4n) is 3.55. The molecule has 1 aromatic heterocycles. The minimum Gasteiger partial charge on any atom is -0.466 e. The SMILES string of the molecule is CCOC(=O)CCc1ncc2c(n1)NCCC2Nc1cccc(Oc2cccc(Cl)c2)c1. The molecule has 0 aliphatic carbocycles. The molecule has 4 rings (SSSR count). The Hall–Kier alpha value is -3.32. The van der Waals surface area contributed by atoms with Crippen molar-refractivity contribution in [2.45, 2.75) is 32.2 Å². The lowest BCUT2D eigenvalue weighted by Crippen LogP contribution is -2.24. The van der Waals surface area contributed by atoms with Gasteiger partial charge in [0.2, 0.25) is 0 Å². The molecule has 0 spiro atoms. The molecule has 0 bridgehead atoms. The van der Waals surface area contributed by atoms with Gasteiger partial charge < -0.3 is 20.1 Å². The van der Waals surface area contributed by atoms with Gasteiger partial charge in [0.1, 0.15) is 23.1 Å². The van der Waals surface area contributed by atoms with E-state index in [4.69, 9.17) is 21.1 Å². The predicted octanol–water partition coefficient (Wildman–Crippen LogP) is 5.39. The van der Waals surface area contributed by atoms with Crippen LogP contribution in [0.4, 0.5) is 11.5 Å². The second-order valence-corrected chi connectivity index (χ2v) is 7.83. The molecule has 32 heavy (non-hydrogen) atoms. The third kappa shape index (κ3) is 5.68. The van der Waals surface area contributed by atoms with Crippen LogP contribution in [0.1, 0.15) is 37.2 Å². The Kier molecular flexibility index (Phi) is 7.07. The van der Waals surface area contributed by atoms with Gasteiger partial charge in [-0.15, -0.1) is 0 Å². The summed E-state index contributed by atoms with van der Waals surface area (Å²) >= 11 is 6.05. The van der Waals surface area contributed by atoms with Gasteiger partial charge in [0.25, 0.3) is 0 Å². The molecule has 1 atom stereocenters. The molecule has 1 aliphatic rings. The minimum atomic E-state index is -0.235. The van der Waals surface area contributed by atoms with Crippen molar-refractivity contribution in [1.29, 1.82) is 0 Å². The van der Waals surface area contributed by atoms with Gasteiger partial charge in [0.05, 0.1) is 19.1 Å². The van der Waals surface area contributed by atoms with Crippen molar-refractivity contribution in [1.82, 2.24) is 9.97 Å². The normalized spacial score (nSPS) is 14.8. The van der Waals surface area contributed by atoms with Crippen LogP contribution in [0.5, 0.6) is 11.5 Å². The fraction of sp³-hybridized carbons (Fsp3) is 0.292. The number of hydrogen-bond acceptors (Lipinski definition) is 7. The van der Waals surface area contributed by atoms with E-state index in [0.29, 0.717) is 29.6 Å². The van der Waals surface area contributed by atoms with Gasteiger partial charge >= 0.3 is 5.97 Å². The highest BCUT2D eigenvalue weighted by atomic mass is 35.5. The highest BCUT2D eigenvalue weighted by Crippen LogP contribution is 2.32. The van der Waals surface area contributed by atoms with Crippen molar-refractivity contribution >= 4 is 29.1 Å². The molecular formula is C24H25ClN4O3. The maximum Gasteiger partial charge on any atom is 0.306 e. The van der Waals surface area contributed by atoms with Crippen molar-refractivity contribution in [3.05, 3.63) is 71.1 Å². The highest BCUT2D eigenvalue weighted by molar-refractivity contribution is 6.30. The summed E-state index contributed by atoms with van der Waals surface area (Å²) < 4.78 is 10.9. The number of fused-ring (bicyclic) bond motifs is 1. The Balaban J connectivity index is 1.44. The maximum absolute atomic E-state index is 11.6. The zero-order valence-electron chi connectivity index (χ0n) is 17.8. The van der Waals surface area contributed by atoms with Crippen LogP contribution in [-0.2, 0) is 16.0 Å². The largest absolute Gasteiger partial charge is 0.466 e. The van der Waals surface area contributed by atoms with E-state index in [1.165, 1.54) is 0 Å². The molecule has 0 radical (unpaired) electrons. The van der Waals surface area contributed by atoms with E-state index in [0.717, 1.165) is 35.8 Å². The molecule has 2 N–H and O–H groups in total. The summed E-state index contributed by atoms with van der Waals surface area (Å²) in [6, 6.07) is 15.2. The monoisotopic (exact) mass is 452 g/mol. The minimum absolute atomic E-state index is 0.0618. The molecule has 2 aromatic carbocycles. The van der Waals surface area contributed by atoms with Gasteiger partial charge in [-0.1, -0.05) is 23.7 Å². The van der Waals surface area contributed by atoms with Gasteiger partial charge in [0, 0.05) is 41.5 Å². The Bertz CT molecular complexity index is 1090. The first-order chi connectivity index (χ1) is 15.6. The first-order valence-electron chi connectivity index (χ1n) is 10.7. The van der Waals surface area contributed by atoms with E-state index in [-0.39, 0.29) is 18.4 Å². The van der Waals surface area contributed by atoms with E-state index in [1.54, 1.807) is 13.0 Å². The quantitative estimate of drug-likeness (QED) is 0.443. The number of aromatic nitrogens is 2. The summed E-state index contributed by atoms with van der Waals surface area (Å²) in [5.41, 5.74) is 1.94. The van der Waals surface area contributed by atoms with Crippen molar-refractivity contribution in [2.24, 2.45) is 0 Å². The second-order valence-electron chi connectivity index (χ2n) is 7.39. The number of carbonyl (C=O) groups excluding carboxylic acids is 1. The first kappa shape index (κ1) is 21.9. The predicted molar refractivity (Wildman–Crippen MR) is 124 cm³/mol. The lowest BCUT2D eigenvalue weighted by molar-refractivity contribution is -0.143. The number of hydrogen-bond donors (Lipinski definition) is 2. The van der Waals surface area contributed by atoms with Crippen molar-refractivity contribution < 1.29 is 14.3 Å². The van der Waals surface area contributed by atoms with Crippen molar-refractivity contribution in [3.63, 3.8) is 0 Å². The number of anilines is 2. The fourth-order valence-corrected chi connectivity index (χ4v) is 3.73. The van der Waals surface area contributed by atoms with Crippen LogP contribution in [0.2, 0.25) is 5.02 Å². The van der Waals surface area contributed by atoms with Crippen LogP contribution < -0.4 is 15.4 Å². The van der Waals surface area contributed by atoms with E-state index in [1.807, 2.05) is 48.7 Å². The number of aryl methyl sites for hydroxylation is 1. The molecule has 0 saturated carbocycles. The van der Waals surface area contributed by atoms with Gasteiger partial charge in [-0.2, -0.15) is 0 Å². The molecule has 7 nitrogen and oxygen atoms in total. The lowest BCUT2D eigenvalue weighted by Gasteiger charge is -2.27. The Morgan fingerprint density at radius 3 is 2.84 bits per heavy atom. The number of benzene rings is 2. The van der Waals surface area contributed by atoms with Crippen LogP contribution in [0, 0.1) is 0 Å². The van der Waals surface area contributed by atoms with E-state index >= 15 is 0 Å². The van der Waals surface area contributed by atoms with Crippen LogP contribution in [0.3, 0.4) is 0 Å². The van der Waals surface area contributed by atoms with Crippen LogP contribution in [0.15, 0.2) is 54.7 Å². The molecule has 8 heteroatoms. The zero-order chi connectivity index (χ0) is 22.3. The molecule has 166 valence electrons. The molecular weight excluding hydrogens is 428 g/mol. The molecule has 0 fully saturated rings. The third-order valence-corrected chi connectivity index (χ3v) is 5.27. The van der Waals surface area contributed by atoms with Crippen LogP contribution >= 0.6 is 11.6 Å². The molecule has 3 aromatic rings. The number of rotatable bonds is 8. The van der Waals surface area contributed by atoms with Crippen molar-refractivity contribution in [3.8, 4) is 11.5 Å². The average Bonchev–Trinajstić information content (AvgIpc) is 2.78. The number of esters is 1. The average molecular weight is 453 g/mol. The lowest BCUT2D eigenvalue weighted by atomic mass is 10.0. The highest BCUT2D eigenvalue weighted by Gasteiger charge is 2.22. The van der Waals surface area contributed by atoms with Gasteiger partial charge in [-0.25, -0.2) is 9.97 Å². The van der Waals surface area contributed by atoms with Crippen LogP contribution in [0.25, 0.3) is 0 Å². The number of halogens is 1. The number of nitrogens with one attached hydrogen (secondary N) is 2. The smallest absolute Gasteiger partial charge is 0.306 e. The van der Waals surface area contributed by atoms with Crippen molar-refractivity contribution in [2.75, 3.05) is 23.8 Å². The summed E-state index contributed by atoms with van der Waals surface area (Å²) in [7, 11) is 0.